The fourth-order valence-corrected chi connectivity index (χ4v) is 4.37. The van der Waals surface area contributed by atoms with Gasteiger partial charge in [0.1, 0.15) is 11.5 Å². The molecule has 5 nitrogen and oxygen atoms in total. The average molecular weight is 546 g/mol. The topological polar surface area (TPSA) is 63.1 Å². The van der Waals surface area contributed by atoms with Crippen molar-refractivity contribution in [1.29, 1.82) is 0 Å². The second-order valence-corrected chi connectivity index (χ2v) is 9.37. The molecule has 4 aromatic carbocycles. The standard InChI is InChI=1S/C31H23F4N3O2/c1-19-5-7-21(8-6-19)29(39)37-26-13-14-27-22(16-26)17-28(38(27)18-20-3-2-4-24(32)15-20)30(40)36-25-11-9-23(10-12-25)31(33,34)35/h2-17H,18H2,1H3,(H,36,40)(H,37,39). The predicted molar refractivity (Wildman–Crippen MR) is 146 cm³/mol. The van der Waals surface area contributed by atoms with Crippen LogP contribution in [0, 0.1) is 12.7 Å². The van der Waals surface area contributed by atoms with Gasteiger partial charge in [-0.2, -0.15) is 13.2 Å². The number of nitrogens with one attached hydrogen (secondary N) is 2. The fourth-order valence-electron chi connectivity index (χ4n) is 4.37. The molecule has 0 spiro atoms. The van der Waals surface area contributed by atoms with Crippen LogP contribution in [0.3, 0.4) is 0 Å². The van der Waals surface area contributed by atoms with Gasteiger partial charge in [0.2, 0.25) is 0 Å². The molecule has 0 saturated heterocycles. The van der Waals surface area contributed by atoms with Crippen LogP contribution in [-0.4, -0.2) is 16.4 Å². The predicted octanol–water partition coefficient (Wildman–Crippen LogP) is 7.66. The van der Waals surface area contributed by atoms with Gasteiger partial charge < -0.3 is 15.2 Å². The molecule has 202 valence electrons. The van der Waals surface area contributed by atoms with Crippen molar-refractivity contribution in [1.82, 2.24) is 4.57 Å². The van der Waals surface area contributed by atoms with Gasteiger partial charge in [0.15, 0.2) is 0 Å². The summed E-state index contributed by atoms with van der Waals surface area (Å²) in [4.78, 5) is 26.0. The first-order valence-electron chi connectivity index (χ1n) is 12.3. The molecule has 0 aliphatic carbocycles. The van der Waals surface area contributed by atoms with Crippen LogP contribution in [0.25, 0.3) is 10.9 Å². The van der Waals surface area contributed by atoms with Crippen molar-refractivity contribution in [3.8, 4) is 0 Å². The first-order chi connectivity index (χ1) is 19.1. The van der Waals surface area contributed by atoms with Gasteiger partial charge in [-0.25, -0.2) is 4.39 Å². The molecule has 0 fully saturated rings. The quantitative estimate of drug-likeness (QED) is 0.215. The Hall–Kier alpha value is -4.92. The molecule has 0 radical (unpaired) electrons. The highest BCUT2D eigenvalue weighted by molar-refractivity contribution is 6.08. The summed E-state index contributed by atoms with van der Waals surface area (Å²) in [6, 6.07) is 24.0. The van der Waals surface area contributed by atoms with Crippen LogP contribution < -0.4 is 10.6 Å². The third-order valence-corrected chi connectivity index (χ3v) is 6.41. The van der Waals surface area contributed by atoms with Crippen LogP contribution in [0.1, 0.15) is 37.5 Å². The molecule has 1 aromatic heterocycles. The van der Waals surface area contributed by atoms with Gasteiger partial charge >= 0.3 is 6.18 Å². The Labute approximate surface area is 227 Å². The molecule has 0 aliphatic rings. The zero-order valence-corrected chi connectivity index (χ0v) is 21.2. The van der Waals surface area contributed by atoms with Gasteiger partial charge in [-0.05, 0) is 85.3 Å². The summed E-state index contributed by atoms with van der Waals surface area (Å²) in [7, 11) is 0. The zero-order valence-electron chi connectivity index (χ0n) is 21.2. The van der Waals surface area contributed by atoms with Gasteiger partial charge in [0.05, 0.1) is 5.56 Å². The van der Waals surface area contributed by atoms with E-state index in [2.05, 4.69) is 10.6 Å². The number of nitrogens with zero attached hydrogens (tertiary/aromatic N) is 1. The molecular weight excluding hydrogens is 522 g/mol. The van der Waals surface area contributed by atoms with Crippen molar-refractivity contribution in [3.63, 3.8) is 0 Å². The van der Waals surface area contributed by atoms with Gasteiger partial charge in [0.25, 0.3) is 11.8 Å². The molecule has 40 heavy (non-hydrogen) atoms. The van der Waals surface area contributed by atoms with Gasteiger partial charge in [-0.3, -0.25) is 9.59 Å². The number of hydrogen-bond donors (Lipinski definition) is 2. The minimum Gasteiger partial charge on any atom is -0.332 e. The maximum Gasteiger partial charge on any atom is 0.416 e. The molecule has 0 bridgehead atoms. The normalized spacial score (nSPS) is 11.4. The summed E-state index contributed by atoms with van der Waals surface area (Å²) in [5.41, 5.74) is 2.85. The Kier molecular flexibility index (Phi) is 7.13. The summed E-state index contributed by atoms with van der Waals surface area (Å²) in [5.74, 6) is -1.28. The van der Waals surface area contributed by atoms with Crippen LogP contribution in [0.15, 0.2) is 97.1 Å². The highest BCUT2D eigenvalue weighted by Crippen LogP contribution is 2.30. The van der Waals surface area contributed by atoms with Crippen LogP contribution in [-0.2, 0) is 12.7 Å². The van der Waals surface area contributed by atoms with E-state index in [4.69, 9.17) is 0 Å². The second kappa shape index (κ2) is 10.7. The largest absolute Gasteiger partial charge is 0.416 e. The van der Waals surface area contributed by atoms with Crippen LogP contribution in [0.5, 0.6) is 0 Å². The number of aryl methyl sites for hydroxylation is 1. The van der Waals surface area contributed by atoms with E-state index in [1.807, 2.05) is 19.1 Å². The number of anilines is 2. The summed E-state index contributed by atoms with van der Waals surface area (Å²) in [6.45, 7) is 2.08. The van der Waals surface area contributed by atoms with Crippen molar-refractivity contribution in [2.24, 2.45) is 0 Å². The molecular formula is C31H23F4N3O2. The van der Waals surface area contributed by atoms with E-state index in [1.54, 1.807) is 53.1 Å². The van der Waals surface area contributed by atoms with E-state index in [0.717, 1.165) is 17.7 Å². The van der Waals surface area contributed by atoms with E-state index in [1.165, 1.54) is 24.3 Å². The Bertz CT molecular complexity index is 1710. The van der Waals surface area contributed by atoms with E-state index in [9.17, 15) is 27.2 Å². The Morgan fingerprint density at radius 3 is 2.12 bits per heavy atom. The SMILES string of the molecule is Cc1ccc(C(=O)Nc2ccc3c(c2)cc(C(=O)Nc2ccc(C(F)(F)F)cc2)n3Cc2cccc(F)c2)cc1. The Morgan fingerprint density at radius 1 is 0.775 bits per heavy atom. The van der Waals surface area contributed by atoms with Crippen molar-refractivity contribution < 1.29 is 27.2 Å². The summed E-state index contributed by atoms with van der Waals surface area (Å²) >= 11 is 0. The minimum atomic E-state index is -4.49. The molecule has 0 atom stereocenters. The Balaban J connectivity index is 1.47. The van der Waals surface area contributed by atoms with E-state index in [0.29, 0.717) is 27.7 Å². The molecule has 9 heteroatoms. The number of halogens is 4. The lowest BCUT2D eigenvalue weighted by Gasteiger charge is -2.13. The lowest BCUT2D eigenvalue weighted by molar-refractivity contribution is -0.137. The van der Waals surface area contributed by atoms with Gasteiger partial charge in [0, 0.05) is 34.4 Å². The number of alkyl halides is 3. The molecule has 5 rings (SSSR count). The van der Waals surface area contributed by atoms with Gasteiger partial charge in [-0.15, -0.1) is 0 Å². The number of hydrogen-bond acceptors (Lipinski definition) is 2. The van der Waals surface area contributed by atoms with Crippen molar-refractivity contribution in [2.45, 2.75) is 19.6 Å². The van der Waals surface area contributed by atoms with Crippen LogP contribution >= 0.6 is 0 Å². The number of aromatic nitrogens is 1. The average Bonchev–Trinajstić information content (AvgIpc) is 3.26. The number of benzene rings is 4. The van der Waals surface area contributed by atoms with E-state index in [-0.39, 0.29) is 23.8 Å². The number of rotatable bonds is 6. The lowest BCUT2D eigenvalue weighted by atomic mass is 10.1. The van der Waals surface area contributed by atoms with Crippen molar-refractivity contribution in [3.05, 3.63) is 131 Å². The molecule has 5 aromatic rings. The number of carbonyl (C=O) groups excluding carboxylic acids is 2. The van der Waals surface area contributed by atoms with Gasteiger partial charge in [-0.1, -0.05) is 29.8 Å². The fraction of sp³-hybridized carbons (Fsp3) is 0.0968. The highest BCUT2D eigenvalue weighted by atomic mass is 19.4. The first kappa shape index (κ1) is 26.7. The van der Waals surface area contributed by atoms with Crippen molar-refractivity contribution >= 4 is 34.1 Å². The number of fused-ring (bicyclic) bond motifs is 1. The van der Waals surface area contributed by atoms with E-state index < -0.39 is 23.5 Å². The summed E-state index contributed by atoms with van der Waals surface area (Å²) in [6.07, 6.45) is -4.49. The molecule has 0 unspecified atom stereocenters. The number of amides is 2. The van der Waals surface area contributed by atoms with Crippen LogP contribution in [0.4, 0.5) is 28.9 Å². The smallest absolute Gasteiger partial charge is 0.332 e. The monoisotopic (exact) mass is 545 g/mol. The van der Waals surface area contributed by atoms with E-state index >= 15 is 0 Å². The maximum absolute atomic E-state index is 13.9. The summed E-state index contributed by atoms with van der Waals surface area (Å²) < 4.78 is 54.4. The molecule has 2 amide bonds. The third-order valence-electron chi connectivity index (χ3n) is 6.41. The molecule has 1 heterocycles. The summed E-state index contributed by atoms with van der Waals surface area (Å²) in [5, 5.41) is 6.12. The highest BCUT2D eigenvalue weighted by Gasteiger charge is 2.30. The lowest BCUT2D eigenvalue weighted by Crippen LogP contribution is -2.17. The zero-order chi connectivity index (χ0) is 28.4. The third kappa shape index (κ3) is 5.88. The van der Waals surface area contributed by atoms with Crippen LogP contribution in [0.2, 0.25) is 0 Å². The van der Waals surface area contributed by atoms with Crippen molar-refractivity contribution in [2.75, 3.05) is 10.6 Å². The molecule has 2 N–H and O–H groups in total. The molecule has 0 saturated carbocycles. The first-order valence-corrected chi connectivity index (χ1v) is 12.3. The second-order valence-electron chi connectivity index (χ2n) is 9.37. The minimum absolute atomic E-state index is 0.159. The maximum atomic E-state index is 13.9. The Morgan fingerprint density at radius 2 is 1.45 bits per heavy atom. The molecule has 0 aliphatic heterocycles. The number of carbonyl (C=O) groups is 2.